The van der Waals surface area contributed by atoms with Gasteiger partial charge in [-0.15, -0.1) is 0 Å². The highest BCUT2D eigenvalue weighted by Gasteiger charge is 2.17. The molecule has 2 rings (SSSR count). The van der Waals surface area contributed by atoms with Gasteiger partial charge in [-0.25, -0.2) is 0 Å². The SMILES string of the molecule is O=C1CCCN1/C=C/Oc1ccccc1. The molecule has 0 bridgehead atoms. The maximum atomic E-state index is 11.2. The molecule has 1 aromatic carbocycles. The van der Waals surface area contributed by atoms with Crippen molar-refractivity contribution in [2.24, 2.45) is 0 Å². The van der Waals surface area contributed by atoms with Crippen LogP contribution < -0.4 is 4.74 Å². The fraction of sp³-hybridized carbons (Fsp3) is 0.250. The van der Waals surface area contributed by atoms with Gasteiger partial charge >= 0.3 is 0 Å². The highest BCUT2D eigenvalue weighted by Crippen LogP contribution is 2.11. The molecule has 1 aliphatic rings. The molecule has 1 saturated heterocycles. The molecule has 0 saturated carbocycles. The van der Waals surface area contributed by atoms with Crippen LogP contribution in [0.3, 0.4) is 0 Å². The molecule has 0 spiro atoms. The molecule has 0 unspecified atom stereocenters. The monoisotopic (exact) mass is 203 g/mol. The molecule has 0 radical (unpaired) electrons. The predicted octanol–water partition coefficient (Wildman–Crippen LogP) is 2.16. The second-order valence-corrected chi connectivity index (χ2v) is 3.41. The molecule has 0 aliphatic carbocycles. The van der Waals surface area contributed by atoms with E-state index in [0.29, 0.717) is 6.42 Å². The minimum atomic E-state index is 0.169. The molecule has 3 heteroatoms. The van der Waals surface area contributed by atoms with E-state index in [2.05, 4.69) is 0 Å². The fourth-order valence-electron chi connectivity index (χ4n) is 1.51. The summed E-state index contributed by atoms with van der Waals surface area (Å²) in [5.74, 6) is 0.948. The van der Waals surface area contributed by atoms with E-state index >= 15 is 0 Å². The van der Waals surface area contributed by atoms with Gasteiger partial charge in [-0.3, -0.25) is 4.79 Å². The fourth-order valence-corrected chi connectivity index (χ4v) is 1.51. The van der Waals surface area contributed by atoms with E-state index in [9.17, 15) is 4.79 Å². The van der Waals surface area contributed by atoms with Gasteiger partial charge in [-0.1, -0.05) is 18.2 Å². The molecular formula is C12H13NO2. The third-order valence-electron chi connectivity index (χ3n) is 2.30. The Morgan fingerprint density at radius 2 is 2.07 bits per heavy atom. The van der Waals surface area contributed by atoms with Crippen LogP contribution in [0.25, 0.3) is 0 Å². The summed E-state index contributed by atoms with van der Waals surface area (Å²) in [5, 5.41) is 0. The molecule has 0 aromatic heterocycles. The number of likely N-dealkylation sites (tertiary alicyclic amines) is 1. The lowest BCUT2D eigenvalue weighted by Gasteiger charge is -2.08. The molecule has 0 atom stereocenters. The van der Waals surface area contributed by atoms with E-state index < -0.39 is 0 Å². The lowest BCUT2D eigenvalue weighted by Crippen LogP contribution is -2.17. The largest absolute Gasteiger partial charge is 0.463 e. The first-order valence-corrected chi connectivity index (χ1v) is 5.04. The zero-order valence-corrected chi connectivity index (χ0v) is 8.43. The van der Waals surface area contributed by atoms with Crippen LogP contribution in [-0.2, 0) is 4.79 Å². The van der Waals surface area contributed by atoms with Crippen LogP contribution in [0.15, 0.2) is 42.8 Å². The first-order valence-electron chi connectivity index (χ1n) is 5.04. The van der Waals surface area contributed by atoms with Gasteiger partial charge in [0, 0.05) is 19.2 Å². The summed E-state index contributed by atoms with van der Waals surface area (Å²) >= 11 is 0. The van der Waals surface area contributed by atoms with Gasteiger partial charge in [-0.05, 0) is 18.6 Å². The third kappa shape index (κ3) is 2.59. The van der Waals surface area contributed by atoms with Gasteiger partial charge in [0.2, 0.25) is 5.91 Å². The quantitative estimate of drug-likeness (QED) is 0.704. The third-order valence-corrected chi connectivity index (χ3v) is 2.30. The highest BCUT2D eigenvalue weighted by molar-refractivity contribution is 5.79. The van der Waals surface area contributed by atoms with Crippen molar-refractivity contribution in [3.05, 3.63) is 42.8 Å². The summed E-state index contributed by atoms with van der Waals surface area (Å²) in [5.41, 5.74) is 0. The number of hydrogen-bond acceptors (Lipinski definition) is 2. The Morgan fingerprint density at radius 3 is 2.73 bits per heavy atom. The van der Waals surface area contributed by atoms with Crippen molar-refractivity contribution in [1.82, 2.24) is 4.90 Å². The Morgan fingerprint density at radius 1 is 1.27 bits per heavy atom. The van der Waals surface area contributed by atoms with E-state index in [1.807, 2.05) is 30.3 Å². The number of benzene rings is 1. The topological polar surface area (TPSA) is 29.5 Å². The normalized spacial score (nSPS) is 16.3. The average Bonchev–Trinajstić information content (AvgIpc) is 2.66. The van der Waals surface area contributed by atoms with E-state index in [0.717, 1.165) is 18.7 Å². The standard InChI is InChI=1S/C12H13NO2/c14-12-7-4-8-13(12)9-10-15-11-5-2-1-3-6-11/h1-3,5-6,9-10H,4,7-8H2/b10-9+. The Hall–Kier alpha value is -1.77. The molecule has 15 heavy (non-hydrogen) atoms. The first-order chi connectivity index (χ1) is 7.36. The molecule has 1 heterocycles. The number of carbonyl (C=O) groups is 1. The van der Waals surface area contributed by atoms with E-state index in [4.69, 9.17) is 4.74 Å². The summed E-state index contributed by atoms with van der Waals surface area (Å²) < 4.78 is 5.34. The number of carbonyl (C=O) groups excluding carboxylic acids is 1. The summed E-state index contributed by atoms with van der Waals surface area (Å²) in [6, 6.07) is 9.49. The van der Waals surface area contributed by atoms with Crippen molar-refractivity contribution in [3.8, 4) is 5.75 Å². The van der Waals surface area contributed by atoms with Crippen LogP contribution in [0.4, 0.5) is 0 Å². The number of ether oxygens (including phenoxy) is 1. The molecule has 1 aromatic rings. The van der Waals surface area contributed by atoms with Crippen molar-refractivity contribution in [2.75, 3.05) is 6.54 Å². The van der Waals surface area contributed by atoms with Gasteiger partial charge in [0.05, 0.1) is 0 Å². The number of rotatable bonds is 3. The molecule has 1 amide bonds. The Kier molecular flexibility index (Phi) is 3.02. The van der Waals surface area contributed by atoms with Gasteiger partial charge in [-0.2, -0.15) is 0 Å². The minimum Gasteiger partial charge on any atom is -0.463 e. The molecule has 78 valence electrons. The maximum Gasteiger partial charge on any atom is 0.226 e. The van der Waals surface area contributed by atoms with Crippen LogP contribution in [0.2, 0.25) is 0 Å². The predicted molar refractivity (Wildman–Crippen MR) is 57.2 cm³/mol. The second-order valence-electron chi connectivity index (χ2n) is 3.41. The van der Waals surface area contributed by atoms with Crippen LogP contribution in [0.5, 0.6) is 5.75 Å². The van der Waals surface area contributed by atoms with E-state index in [1.54, 1.807) is 17.4 Å². The first kappa shape index (κ1) is 9.77. The maximum absolute atomic E-state index is 11.2. The number of para-hydroxylation sites is 1. The second kappa shape index (κ2) is 4.64. The lowest BCUT2D eigenvalue weighted by atomic mass is 10.3. The summed E-state index contributed by atoms with van der Waals surface area (Å²) in [4.78, 5) is 12.9. The average molecular weight is 203 g/mol. The molecule has 1 aliphatic heterocycles. The van der Waals surface area contributed by atoms with Crippen molar-refractivity contribution < 1.29 is 9.53 Å². The van der Waals surface area contributed by atoms with Crippen molar-refractivity contribution in [3.63, 3.8) is 0 Å². The van der Waals surface area contributed by atoms with Crippen LogP contribution in [0.1, 0.15) is 12.8 Å². The molecular weight excluding hydrogens is 190 g/mol. The van der Waals surface area contributed by atoms with Gasteiger partial charge < -0.3 is 9.64 Å². The number of nitrogens with zero attached hydrogens (tertiary/aromatic N) is 1. The van der Waals surface area contributed by atoms with Crippen LogP contribution in [0, 0.1) is 0 Å². The Labute approximate surface area is 89.0 Å². The Bertz CT molecular complexity index is 359. The van der Waals surface area contributed by atoms with Gasteiger partial charge in [0.1, 0.15) is 12.0 Å². The van der Waals surface area contributed by atoms with Crippen molar-refractivity contribution in [1.29, 1.82) is 0 Å². The van der Waals surface area contributed by atoms with Crippen molar-refractivity contribution in [2.45, 2.75) is 12.8 Å². The minimum absolute atomic E-state index is 0.169. The van der Waals surface area contributed by atoms with Crippen molar-refractivity contribution >= 4 is 5.91 Å². The number of amides is 1. The van der Waals surface area contributed by atoms with Crippen LogP contribution in [-0.4, -0.2) is 17.4 Å². The summed E-state index contributed by atoms with van der Waals surface area (Å²) in [6.45, 7) is 0.799. The summed E-state index contributed by atoms with van der Waals surface area (Å²) in [7, 11) is 0. The molecule has 0 N–H and O–H groups in total. The zero-order valence-electron chi connectivity index (χ0n) is 8.43. The van der Waals surface area contributed by atoms with E-state index in [-0.39, 0.29) is 5.91 Å². The summed E-state index contributed by atoms with van der Waals surface area (Å²) in [6.07, 6.45) is 4.84. The lowest BCUT2D eigenvalue weighted by molar-refractivity contribution is -0.125. The molecule has 3 nitrogen and oxygen atoms in total. The van der Waals surface area contributed by atoms with E-state index in [1.165, 1.54) is 0 Å². The smallest absolute Gasteiger partial charge is 0.226 e. The van der Waals surface area contributed by atoms with Crippen LogP contribution >= 0.6 is 0 Å². The number of hydrogen-bond donors (Lipinski definition) is 0. The highest BCUT2D eigenvalue weighted by atomic mass is 16.5. The zero-order chi connectivity index (χ0) is 10.5. The Balaban J connectivity index is 1.88. The van der Waals surface area contributed by atoms with Gasteiger partial charge in [0.15, 0.2) is 0 Å². The molecule has 1 fully saturated rings. The van der Waals surface area contributed by atoms with Gasteiger partial charge in [0.25, 0.3) is 0 Å².